The average molecular weight is 174 g/mol. The van der Waals surface area contributed by atoms with E-state index in [-0.39, 0.29) is 0 Å². The fourth-order valence-corrected chi connectivity index (χ4v) is 4.59. The van der Waals surface area contributed by atoms with Gasteiger partial charge in [0.2, 0.25) is 0 Å². The molecule has 1 heterocycles. The number of Topliss-reactive ketones (excluding diaryl/α,β-unsaturated/α-hetero) is 1. The van der Waals surface area contributed by atoms with E-state index < -0.39 is 0 Å². The van der Waals surface area contributed by atoms with Gasteiger partial charge >= 0.3 is 0 Å². The van der Waals surface area contributed by atoms with Crippen molar-refractivity contribution < 1.29 is 4.79 Å². The van der Waals surface area contributed by atoms with Gasteiger partial charge in [-0.15, -0.1) is 11.8 Å². The molecule has 1 aliphatic heterocycles. The monoisotopic (exact) mass is 174 g/mol. The topological polar surface area (TPSA) is 17.1 Å². The first kappa shape index (κ1) is 7.04. The third-order valence-electron chi connectivity index (χ3n) is 2.04. The first-order chi connectivity index (χ1) is 4.88. The van der Waals surface area contributed by atoms with Crippen molar-refractivity contribution in [2.75, 3.05) is 11.5 Å². The molecule has 0 aromatic heterocycles. The van der Waals surface area contributed by atoms with Gasteiger partial charge in [-0.05, 0) is 6.42 Å². The molecule has 0 unspecified atom stereocenters. The molecule has 2 rings (SSSR count). The number of thioether (sulfide) groups is 2. The second-order valence-electron chi connectivity index (χ2n) is 2.71. The van der Waals surface area contributed by atoms with Crippen molar-refractivity contribution in [3.8, 4) is 0 Å². The Bertz CT molecular complexity index is 158. The Morgan fingerprint density at radius 2 is 2.10 bits per heavy atom. The third kappa shape index (κ3) is 1.10. The largest absolute Gasteiger partial charge is 0.298 e. The van der Waals surface area contributed by atoms with Crippen LogP contribution in [0.25, 0.3) is 0 Å². The van der Waals surface area contributed by atoms with Crippen molar-refractivity contribution in [3.05, 3.63) is 0 Å². The summed E-state index contributed by atoms with van der Waals surface area (Å²) in [6, 6.07) is 0. The van der Waals surface area contributed by atoms with Gasteiger partial charge in [-0.1, -0.05) is 0 Å². The average Bonchev–Trinajstić information content (AvgIpc) is 2.34. The molecular weight excluding hydrogens is 164 g/mol. The summed E-state index contributed by atoms with van der Waals surface area (Å²) in [5, 5.41) is 1.05. The summed E-state index contributed by atoms with van der Waals surface area (Å²) >= 11 is 3.87. The summed E-state index contributed by atoms with van der Waals surface area (Å²) in [7, 11) is 0. The van der Waals surface area contributed by atoms with Crippen molar-refractivity contribution in [3.63, 3.8) is 0 Å². The van der Waals surface area contributed by atoms with Crippen molar-refractivity contribution >= 4 is 29.3 Å². The van der Waals surface area contributed by atoms with Gasteiger partial charge in [-0.3, -0.25) is 4.79 Å². The second-order valence-corrected chi connectivity index (χ2v) is 5.30. The number of rotatable bonds is 0. The lowest BCUT2D eigenvalue weighted by Crippen LogP contribution is -2.24. The Kier molecular flexibility index (Phi) is 1.96. The molecule has 0 amide bonds. The maximum absolute atomic E-state index is 11.2. The van der Waals surface area contributed by atoms with Crippen molar-refractivity contribution in [2.45, 2.75) is 23.3 Å². The molecule has 10 heavy (non-hydrogen) atoms. The molecule has 2 atom stereocenters. The van der Waals surface area contributed by atoms with Gasteiger partial charge in [-0.2, -0.15) is 11.8 Å². The summed E-state index contributed by atoms with van der Waals surface area (Å²) in [6.45, 7) is 0. The zero-order valence-corrected chi connectivity index (χ0v) is 7.34. The Morgan fingerprint density at radius 1 is 1.30 bits per heavy atom. The minimum atomic E-state index is 0.374. The molecular formula is C7H10OS2. The van der Waals surface area contributed by atoms with Gasteiger partial charge in [0.05, 0.1) is 5.25 Å². The van der Waals surface area contributed by atoms with Crippen LogP contribution >= 0.6 is 23.5 Å². The van der Waals surface area contributed by atoms with E-state index in [1.165, 1.54) is 11.5 Å². The highest BCUT2D eigenvalue weighted by atomic mass is 32.2. The minimum Gasteiger partial charge on any atom is -0.298 e. The predicted octanol–water partition coefficient (Wildman–Crippen LogP) is 1.57. The first-order valence-electron chi connectivity index (χ1n) is 3.64. The van der Waals surface area contributed by atoms with Crippen LogP contribution in [0.1, 0.15) is 12.8 Å². The molecule has 1 saturated heterocycles. The lowest BCUT2D eigenvalue weighted by Gasteiger charge is -2.22. The van der Waals surface area contributed by atoms with E-state index >= 15 is 0 Å². The molecule has 0 aromatic carbocycles. The van der Waals surface area contributed by atoms with E-state index in [4.69, 9.17) is 0 Å². The van der Waals surface area contributed by atoms with Crippen LogP contribution in [0.5, 0.6) is 0 Å². The van der Waals surface area contributed by atoms with Crippen molar-refractivity contribution in [2.24, 2.45) is 0 Å². The lowest BCUT2D eigenvalue weighted by molar-refractivity contribution is -0.116. The Morgan fingerprint density at radius 3 is 2.90 bits per heavy atom. The highest BCUT2D eigenvalue weighted by molar-refractivity contribution is 8.07. The quantitative estimate of drug-likeness (QED) is 0.555. The number of fused-ring (bicyclic) bond motifs is 1. The minimum absolute atomic E-state index is 0.374. The molecule has 3 heteroatoms. The SMILES string of the molecule is O=C1CC[C@@H]2SCCS[C@H]12. The molecule has 0 radical (unpaired) electrons. The lowest BCUT2D eigenvalue weighted by atomic mass is 10.3. The summed E-state index contributed by atoms with van der Waals surface area (Å²) in [5.41, 5.74) is 0. The fourth-order valence-electron chi connectivity index (χ4n) is 1.53. The second kappa shape index (κ2) is 2.78. The van der Waals surface area contributed by atoms with Gasteiger partial charge in [0.1, 0.15) is 5.78 Å². The molecule has 56 valence electrons. The van der Waals surface area contributed by atoms with Crippen LogP contribution in [-0.2, 0) is 4.79 Å². The molecule has 0 bridgehead atoms. The number of ketones is 1. The van der Waals surface area contributed by atoms with Gasteiger partial charge in [0.15, 0.2) is 0 Å². The predicted molar refractivity (Wildman–Crippen MR) is 46.7 cm³/mol. The number of carbonyl (C=O) groups is 1. The van der Waals surface area contributed by atoms with Crippen LogP contribution in [0.4, 0.5) is 0 Å². The summed E-state index contributed by atoms with van der Waals surface area (Å²) in [6.07, 6.45) is 1.98. The molecule has 2 fully saturated rings. The van der Waals surface area contributed by atoms with Gasteiger partial charge in [0.25, 0.3) is 0 Å². The van der Waals surface area contributed by atoms with Crippen molar-refractivity contribution in [1.82, 2.24) is 0 Å². The van der Waals surface area contributed by atoms with E-state index in [2.05, 4.69) is 0 Å². The van der Waals surface area contributed by atoms with Crippen LogP contribution in [0.2, 0.25) is 0 Å². The normalized spacial score (nSPS) is 39.8. The van der Waals surface area contributed by atoms with Crippen LogP contribution in [0, 0.1) is 0 Å². The third-order valence-corrected chi connectivity index (χ3v) is 5.24. The van der Waals surface area contributed by atoms with E-state index in [0.717, 1.165) is 12.8 Å². The van der Waals surface area contributed by atoms with Gasteiger partial charge in [0, 0.05) is 23.2 Å². The molecule has 1 aliphatic carbocycles. The maximum Gasteiger partial charge on any atom is 0.146 e. The van der Waals surface area contributed by atoms with E-state index in [1.807, 2.05) is 23.5 Å². The Labute approximate surface area is 69.3 Å². The Hall–Kier alpha value is 0.370. The maximum atomic E-state index is 11.2. The van der Waals surface area contributed by atoms with E-state index in [0.29, 0.717) is 16.3 Å². The highest BCUT2D eigenvalue weighted by Crippen LogP contribution is 2.39. The standard InChI is InChI=1S/C7H10OS2/c8-5-1-2-6-7(5)10-4-3-9-6/h6-7H,1-4H2/t6-,7+/m0/s1. The van der Waals surface area contributed by atoms with Crippen LogP contribution in [0.3, 0.4) is 0 Å². The van der Waals surface area contributed by atoms with E-state index in [1.54, 1.807) is 0 Å². The molecule has 0 N–H and O–H groups in total. The summed E-state index contributed by atoms with van der Waals surface area (Å²) in [5.74, 6) is 2.93. The van der Waals surface area contributed by atoms with Crippen LogP contribution < -0.4 is 0 Å². The zero-order valence-electron chi connectivity index (χ0n) is 5.71. The summed E-state index contributed by atoms with van der Waals surface area (Å²) < 4.78 is 0. The molecule has 1 saturated carbocycles. The number of hydrogen-bond donors (Lipinski definition) is 0. The number of hydrogen-bond acceptors (Lipinski definition) is 3. The zero-order chi connectivity index (χ0) is 6.97. The highest BCUT2D eigenvalue weighted by Gasteiger charge is 2.37. The van der Waals surface area contributed by atoms with E-state index in [9.17, 15) is 4.79 Å². The first-order valence-corrected chi connectivity index (χ1v) is 5.73. The molecule has 2 aliphatic rings. The Balaban J connectivity index is 2.08. The number of carbonyl (C=O) groups excluding carboxylic acids is 1. The van der Waals surface area contributed by atoms with Crippen LogP contribution in [0.15, 0.2) is 0 Å². The molecule has 0 spiro atoms. The molecule has 0 aromatic rings. The summed E-state index contributed by atoms with van der Waals surface area (Å²) in [4.78, 5) is 11.2. The van der Waals surface area contributed by atoms with Crippen molar-refractivity contribution in [1.29, 1.82) is 0 Å². The van der Waals surface area contributed by atoms with Gasteiger partial charge in [-0.25, -0.2) is 0 Å². The molecule has 1 nitrogen and oxygen atoms in total. The van der Waals surface area contributed by atoms with Crippen LogP contribution in [-0.4, -0.2) is 27.8 Å². The smallest absolute Gasteiger partial charge is 0.146 e. The van der Waals surface area contributed by atoms with Gasteiger partial charge < -0.3 is 0 Å². The fraction of sp³-hybridized carbons (Fsp3) is 0.857.